The van der Waals surface area contributed by atoms with E-state index >= 15 is 0 Å². The standard InChI is InChI=1S/C27H30N4O6S/c1-6-15-30-21-10-8-7-9-20(21)27(26(30)35)22(24(33)25(34)31(27)17-16-28(2)3)23(32)18-11-13-19(14-12-18)38(36,37)29(4)5/h6-14,32H,1,15-17H2,2-5H3. The lowest BCUT2D eigenvalue weighted by molar-refractivity contribution is -0.143. The highest BCUT2D eigenvalue weighted by Gasteiger charge is 2.66. The smallest absolute Gasteiger partial charge is 0.296 e. The van der Waals surface area contributed by atoms with Gasteiger partial charge in [0.1, 0.15) is 5.76 Å². The molecule has 1 saturated heterocycles. The molecular weight excluding hydrogens is 508 g/mol. The number of sulfonamides is 1. The minimum Gasteiger partial charge on any atom is -0.507 e. The van der Waals surface area contributed by atoms with Crippen LogP contribution in [-0.4, -0.2) is 93.1 Å². The molecule has 0 aliphatic carbocycles. The van der Waals surface area contributed by atoms with Gasteiger partial charge in [-0.05, 0) is 44.4 Å². The molecule has 2 aliphatic rings. The highest BCUT2D eigenvalue weighted by atomic mass is 32.2. The Hall–Kier alpha value is -3.80. The van der Waals surface area contributed by atoms with Gasteiger partial charge in [0.15, 0.2) is 5.54 Å². The Kier molecular flexibility index (Phi) is 7.04. The number of anilines is 1. The van der Waals surface area contributed by atoms with Gasteiger partial charge in [-0.15, -0.1) is 6.58 Å². The molecule has 4 rings (SSSR count). The van der Waals surface area contributed by atoms with E-state index in [2.05, 4.69) is 6.58 Å². The summed E-state index contributed by atoms with van der Waals surface area (Å²) in [4.78, 5) is 45.7. The van der Waals surface area contributed by atoms with Gasteiger partial charge < -0.3 is 19.8 Å². The van der Waals surface area contributed by atoms with Crippen molar-refractivity contribution in [2.75, 3.05) is 52.7 Å². The van der Waals surface area contributed by atoms with Crippen LogP contribution in [0.1, 0.15) is 11.1 Å². The van der Waals surface area contributed by atoms with Crippen LogP contribution in [-0.2, 0) is 29.9 Å². The van der Waals surface area contributed by atoms with E-state index in [9.17, 15) is 27.9 Å². The Morgan fingerprint density at radius 3 is 2.24 bits per heavy atom. The molecule has 2 heterocycles. The van der Waals surface area contributed by atoms with Crippen LogP contribution < -0.4 is 4.90 Å². The number of aliphatic hydroxyl groups is 1. The number of carbonyl (C=O) groups is 3. The summed E-state index contributed by atoms with van der Waals surface area (Å²) in [5.41, 5.74) is -1.23. The Morgan fingerprint density at radius 2 is 1.66 bits per heavy atom. The maximum Gasteiger partial charge on any atom is 0.296 e. The lowest BCUT2D eigenvalue weighted by atomic mass is 9.82. The molecule has 10 nitrogen and oxygen atoms in total. The molecule has 2 aromatic carbocycles. The number of nitrogens with zero attached hydrogens (tertiary/aromatic N) is 4. The first kappa shape index (κ1) is 27.2. The molecular formula is C27H30N4O6S. The zero-order chi connectivity index (χ0) is 28.0. The minimum atomic E-state index is -3.74. The molecule has 2 aromatic rings. The third kappa shape index (κ3) is 3.94. The zero-order valence-corrected chi connectivity index (χ0v) is 22.5. The first-order chi connectivity index (χ1) is 17.9. The van der Waals surface area contributed by atoms with Crippen LogP contribution in [0, 0.1) is 0 Å². The summed E-state index contributed by atoms with van der Waals surface area (Å²) in [6.07, 6.45) is 1.55. The number of Topliss-reactive ketones (excluding diaryl/α,β-unsaturated/α-hetero) is 1. The lowest BCUT2D eigenvalue weighted by Crippen LogP contribution is -2.53. The molecule has 2 aliphatic heterocycles. The predicted molar refractivity (Wildman–Crippen MR) is 143 cm³/mol. The summed E-state index contributed by atoms with van der Waals surface area (Å²) in [6.45, 7) is 4.28. The number of carbonyl (C=O) groups excluding carboxylic acids is 3. The maximum atomic E-state index is 14.2. The highest BCUT2D eigenvalue weighted by molar-refractivity contribution is 7.89. The number of hydrogen-bond acceptors (Lipinski definition) is 7. The van der Waals surface area contributed by atoms with Crippen LogP contribution >= 0.6 is 0 Å². The normalized spacial score (nSPS) is 20.7. The van der Waals surface area contributed by atoms with E-state index in [1.165, 1.54) is 48.2 Å². The summed E-state index contributed by atoms with van der Waals surface area (Å²) >= 11 is 0. The highest BCUT2D eigenvalue weighted by Crippen LogP contribution is 2.53. The molecule has 1 fully saturated rings. The van der Waals surface area contributed by atoms with Gasteiger partial charge in [-0.3, -0.25) is 14.4 Å². The molecule has 200 valence electrons. The quantitative estimate of drug-likeness (QED) is 0.235. The van der Waals surface area contributed by atoms with Gasteiger partial charge in [0.05, 0.1) is 16.2 Å². The van der Waals surface area contributed by atoms with Crippen LogP contribution in [0.5, 0.6) is 0 Å². The fourth-order valence-electron chi connectivity index (χ4n) is 4.92. The van der Waals surface area contributed by atoms with Crippen LogP contribution in [0.3, 0.4) is 0 Å². The molecule has 0 bridgehead atoms. The third-order valence-corrected chi connectivity index (χ3v) is 8.63. The Morgan fingerprint density at radius 1 is 1.03 bits per heavy atom. The number of benzene rings is 2. The van der Waals surface area contributed by atoms with Crippen molar-refractivity contribution < 1.29 is 27.9 Å². The van der Waals surface area contributed by atoms with Crippen molar-refractivity contribution in [3.63, 3.8) is 0 Å². The second-order valence-electron chi connectivity index (χ2n) is 9.56. The number of hydrogen-bond donors (Lipinski definition) is 1. The lowest BCUT2D eigenvalue weighted by Gasteiger charge is -2.35. The summed E-state index contributed by atoms with van der Waals surface area (Å²) in [6, 6.07) is 12.1. The van der Waals surface area contributed by atoms with Gasteiger partial charge in [-0.25, -0.2) is 12.7 Å². The fraction of sp³-hybridized carbons (Fsp3) is 0.296. The number of amides is 2. The van der Waals surface area contributed by atoms with Gasteiger partial charge in [0.2, 0.25) is 10.0 Å². The summed E-state index contributed by atoms with van der Waals surface area (Å²) < 4.78 is 26.1. The SMILES string of the molecule is C=CCN1C(=O)C2(C(=C(O)c3ccc(S(=O)(=O)N(C)C)cc3)C(=O)C(=O)N2CCN(C)C)c2ccccc21. The Balaban J connectivity index is 1.99. The number of fused-ring (bicyclic) bond motifs is 2. The first-order valence-electron chi connectivity index (χ1n) is 11.9. The summed E-state index contributed by atoms with van der Waals surface area (Å²) in [7, 11) is 2.68. The van der Waals surface area contributed by atoms with E-state index in [4.69, 9.17) is 0 Å². The zero-order valence-electron chi connectivity index (χ0n) is 21.7. The second-order valence-corrected chi connectivity index (χ2v) is 11.7. The van der Waals surface area contributed by atoms with Crippen LogP contribution in [0.4, 0.5) is 5.69 Å². The van der Waals surface area contributed by atoms with E-state index in [-0.39, 0.29) is 29.1 Å². The monoisotopic (exact) mass is 538 g/mol. The summed E-state index contributed by atoms with van der Waals surface area (Å²) in [5.74, 6) is -3.00. The van der Waals surface area contributed by atoms with Crippen molar-refractivity contribution >= 4 is 39.1 Å². The van der Waals surface area contributed by atoms with Gasteiger partial charge >= 0.3 is 0 Å². The molecule has 0 aromatic heterocycles. The molecule has 11 heteroatoms. The van der Waals surface area contributed by atoms with Crippen molar-refractivity contribution in [3.05, 3.63) is 77.9 Å². The largest absolute Gasteiger partial charge is 0.507 e. The van der Waals surface area contributed by atoms with Gasteiger partial charge in [-0.2, -0.15) is 0 Å². The fourth-order valence-corrected chi connectivity index (χ4v) is 5.82. The maximum absolute atomic E-state index is 14.2. The van der Waals surface area contributed by atoms with E-state index in [1.54, 1.807) is 44.4 Å². The Labute approximate surface area is 222 Å². The van der Waals surface area contributed by atoms with Crippen LogP contribution in [0.25, 0.3) is 5.76 Å². The topological polar surface area (TPSA) is 119 Å². The molecule has 1 spiro atoms. The number of likely N-dealkylation sites (N-methyl/N-ethyl adjacent to an activating group) is 1. The Bertz CT molecular complexity index is 1460. The van der Waals surface area contributed by atoms with Gasteiger partial charge in [0, 0.05) is 44.9 Å². The molecule has 1 N–H and O–H groups in total. The van der Waals surface area contributed by atoms with E-state index in [0.29, 0.717) is 17.8 Å². The van der Waals surface area contributed by atoms with Gasteiger partial charge in [0.25, 0.3) is 17.6 Å². The molecule has 0 radical (unpaired) electrons. The molecule has 1 unspecified atom stereocenters. The van der Waals surface area contributed by atoms with Crippen LogP contribution in [0.2, 0.25) is 0 Å². The second kappa shape index (κ2) is 9.82. The molecule has 1 atom stereocenters. The van der Waals surface area contributed by atoms with Crippen molar-refractivity contribution in [3.8, 4) is 0 Å². The van der Waals surface area contributed by atoms with Crippen molar-refractivity contribution in [1.29, 1.82) is 0 Å². The number of aliphatic hydroxyl groups excluding tert-OH is 1. The average molecular weight is 539 g/mol. The van der Waals surface area contributed by atoms with Crippen molar-refractivity contribution in [1.82, 2.24) is 14.1 Å². The van der Waals surface area contributed by atoms with E-state index in [1.807, 2.05) is 4.90 Å². The predicted octanol–water partition coefficient (Wildman–Crippen LogP) is 1.61. The van der Waals surface area contributed by atoms with Crippen LogP contribution in [0.15, 0.2) is 71.7 Å². The molecule has 0 saturated carbocycles. The molecule has 2 amide bonds. The van der Waals surface area contributed by atoms with Crippen molar-refractivity contribution in [2.45, 2.75) is 10.4 Å². The number of rotatable bonds is 8. The van der Waals surface area contributed by atoms with E-state index < -0.39 is 38.9 Å². The van der Waals surface area contributed by atoms with E-state index in [0.717, 1.165) is 4.31 Å². The van der Waals surface area contributed by atoms with Gasteiger partial charge in [-0.1, -0.05) is 24.3 Å². The number of ketones is 1. The number of para-hydroxylation sites is 1. The minimum absolute atomic E-state index is 0.0142. The van der Waals surface area contributed by atoms with Crippen molar-refractivity contribution in [2.24, 2.45) is 0 Å². The molecule has 38 heavy (non-hydrogen) atoms. The number of likely N-dealkylation sites (tertiary alicyclic amines) is 1. The first-order valence-corrected chi connectivity index (χ1v) is 13.3. The third-order valence-electron chi connectivity index (χ3n) is 6.80. The summed E-state index contributed by atoms with van der Waals surface area (Å²) in [5, 5.41) is 11.5. The average Bonchev–Trinajstić information content (AvgIpc) is 3.25.